The molecule has 0 spiro atoms. The Morgan fingerprint density at radius 1 is 1.39 bits per heavy atom. The molecule has 0 amide bonds. The summed E-state index contributed by atoms with van der Waals surface area (Å²) in [6, 6.07) is 6.77. The first-order valence-corrected chi connectivity index (χ1v) is 6.58. The number of nitrogens with one attached hydrogen (secondary N) is 1. The molecule has 0 radical (unpaired) electrons. The van der Waals surface area contributed by atoms with Crippen molar-refractivity contribution in [3.63, 3.8) is 0 Å². The Kier molecular flexibility index (Phi) is 4.96. The quantitative estimate of drug-likeness (QED) is 0.810. The lowest BCUT2D eigenvalue weighted by Gasteiger charge is -2.31. The molecule has 1 unspecified atom stereocenters. The average molecular weight is 252 g/mol. The molecule has 2 rings (SSSR count). The lowest BCUT2D eigenvalue weighted by Crippen LogP contribution is -2.49. The van der Waals surface area contributed by atoms with Gasteiger partial charge in [-0.15, -0.1) is 0 Å². The highest BCUT2D eigenvalue weighted by atomic mass is 19.1. The fraction of sp³-hybridized carbons (Fsp3) is 0.571. The van der Waals surface area contributed by atoms with E-state index in [0.717, 1.165) is 38.3 Å². The fourth-order valence-electron chi connectivity index (χ4n) is 2.22. The SMILES string of the molecule is CC1CN(CCCOc2ccc(F)cc2)CCN1. The zero-order valence-corrected chi connectivity index (χ0v) is 10.9. The summed E-state index contributed by atoms with van der Waals surface area (Å²) in [5, 5.41) is 3.43. The van der Waals surface area contributed by atoms with Crippen LogP contribution >= 0.6 is 0 Å². The highest BCUT2D eigenvalue weighted by Crippen LogP contribution is 2.11. The number of nitrogens with zero attached hydrogens (tertiary/aromatic N) is 1. The van der Waals surface area contributed by atoms with Crippen molar-refractivity contribution >= 4 is 0 Å². The lowest BCUT2D eigenvalue weighted by atomic mass is 10.2. The van der Waals surface area contributed by atoms with Gasteiger partial charge in [-0.3, -0.25) is 0 Å². The predicted molar refractivity (Wildman–Crippen MR) is 70.4 cm³/mol. The van der Waals surface area contributed by atoms with Crippen molar-refractivity contribution < 1.29 is 9.13 Å². The van der Waals surface area contributed by atoms with E-state index in [9.17, 15) is 4.39 Å². The maximum atomic E-state index is 12.7. The Hall–Kier alpha value is -1.13. The summed E-state index contributed by atoms with van der Waals surface area (Å²) in [5.74, 6) is 0.516. The van der Waals surface area contributed by atoms with Gasteiger partial charge in [0.05, 0.1) is 6.61 Å². The molecule has 4 heteroatoms. The van der Waals surface area contributed by atoms with Crippen LogP contribution in [-0.2, 0) is 0 Å². The molecule has 100 valence electrons. The third-order valence-electron chi connectivity index (χ3n) is 3.15. The van der Waals surface area contributed by atoms with E-state index >= 15 is 0 Å². The van der Waals surface area contributed by atoms with E-state index in [1.54, 1.807) is 12.1 Å². The third-order valence-corrected chi connectivity index (χ3v) is 3.15. The van der Waals surface area contributed by atoms with Crippen LogP contribution in [0.4, 0.5) is 4.39 Å². The Morgan fingerprint density at radius 3 is 2.89 bits per heavy atom. The van der Waals surface area contributed by atoms with E-state index in [-0.39, 0.29) is 5.82 Å². The molecule has 1 aromatic carbocycles. The van der Waals surface area contributed by atoms with E-state index in [4.69, 9.17) is 4.74 Å². The highest BCUT2D eigenvalue weighted by Gasteiger charge is 2.14. The monoisotopic (exact) mass is 252 g/mol. The zero-order chi connectivity index (χ0) is 12.8. The summed E-state index contributed by atoms with van der Waals surface area (Å²) < 4.78 is 18.3. The van der Waals surface area contributed by atoms with E-state index in [2.05, 4.69) is 17.1 Å². The van der Waals surface area contributed by atoms with Gasteiger partial charge in [-0.1, -0.05) is 0 Å². The molecule has 1 N–H and O–H groups in total. The summed E-state index contributed by atoms with van der Waals surface area (Å²) in [6.07, 6.45) is 1.00. The molecule has 3 nitrogen and oxygen atoms in total. The summed E-state index contributed by atoms with van der Waals surface area (Å²) in [4.78, 5) is 2.45. The molecular formula is C14H21FN2O. The van der Waals surface area contributed by atoms with Gasteiger partial charge in [0.2, 0.25) is 0 Å². The molecular weight excluding hydrogens is 231 g/mol. The van der Waals surface area contributed by atoms with Crippen molar-refractivity contribution in [2.45, 2.75) is 19.4 Å². The van der Waals surface area contributed by atoms with Gasteiger partial charge < -0.3 is 15.0 Å². The number of halogens is 1. The smallest absolute Gasteiger partial charge is 0.123 e. The van der Waals surface area contributed by atoms with Crippen molar-refractivity contribution in [3.8, 4) is 5.75 Å². The maximum absolute atomic E-state index is 12.7. The topological polar surface area (TPSA) is 24.5 Å². The third kappa shape index (κ3) is 4.27. The number of ether oxygens (including phenoxy) is 1. The molecule has 0 aliphatic carbocycles. The highest BCUT2D eigenvalue weighted by molar-refractivity contribution is 5.21. The van der Waals surface area contributed by atoms with E-state index in [1.807, 2.05) is 0 Å². The molecule has 1 saturated heterocycles. The number of benzene rings is 1. The van der Waals surface area contributed by atoms with Gasteiger partial charge in [-0.25, -0.2) is 4.39 Å². The van der Waals surface area contributed by atoms with Gasteiger partial charge in [0.25, 0.3) is 0 Å². The Labute approximate surface area is 108 Å². The predicted octanol–water partition coefficient (Wildman–Crippen LogP) is 1.89. The minimum atomic E-state index is -0.225. The molecule has 1 aliphatic heterocycles. The van der Waals surface area contributed by atoms with Crippen LogP contribution < -0.4 is 10.1 Å². The molecule has 1 atom stereocenters. The summed E-state index contributed by atoms with van der Waals surface area (Å²) in [6.45, 7) is 7.25. The first-order chi connectivity index (χ1) is 8.74. The van der Waals surface area contributed by atoms with Crippen molar-refractivity contribution in [2.75, 3.05) is 32.8 Å². The minimum Gasteiger partial charge on any atom is -0.494 e. The van der Waals surface area contributed by atoms with Crippen LogP contribution in [0.2, 0.25) is 0 Å². The molecule has 0 saturated carbocycles. The summed E-state index contributed by atoms with van der Waals surface area (Å²) in [7, 11) is 0. The summed E-state index contributed by atoms with van der Waals surface area (Å²) in [5.41, 5.74) is 0. The van der Waals surface area contributed by atoms with Gasteiger partial charge in [-0.05, 0) is 37.6 Å². The second-order valence-electron chi connectivity index (χ2n) is 4.81. The van der Waals surface area contributed by atoms with Crippen molar-refractivity contribution in [2.24, 2.45) is 0 Å². The molecule has 1 heterocycles. The second kappa shape index (κ2) is 6.71. The number of hydrogen-bond donors (Lipinski definition) is 1. The van der Waals surface area contributed by atoms with Gasteiger partial charge in [0.1, 0.15) is 11.6 Å². The van der Waals surface area contributed by atoms with Crippen LogP contribution in [-0.4, -0.2) is 43.7 Å². The van der Waals surface area contributed by atoms with Crippen LogP contribution in [0.5, 0.6) is 5.75 Å². The Bertz CT molecular complexity index is 355. The molecule has 1 aromatic rings. The van der Waals surface area contributed by atoms with E-state index in [0.29, 0.717) is 12.6 Å². The second-order valence-corrected chi connectivity index (χ2v) is 4.81. The van der Waals surface area contributed by atoms with Gasteiger partial charge in [-0.2, -0.15) is 0 Å². The molecule has 0 aromatic heterocycles. The molecule has 18 heavy (non-hydrogen) atoms. The fourth-order valence-corrected chi connectivity index (χ4v) is 2.22. The standard InChI is InChI=1S/C14H21FN2O/c1-12-11-17(9-7-16-12)8-2-10-18-14-5-3-13(15)4-6-14/h3-6,12,16H,2,7-11H2,1H3. The van der Waals surface area contributed by atoms with Gasteiger partial charge in [0, 0.05) is 32.2 Å². The van der Waals surface area contributed by atoms with Crippen LogP contribution in [0.1, 0.15) is 13.3 Å². The first-order valence-electron chi connectivity index (χ1n) is 6.58. The van der Waals surface area contributed by atoms with Crippen LogP contribution in [0.3, 0.4) is 0 Å². The first kappa shape index (κ1) is 13.3. The zero-order valence-electron chi connectivity index (χ0n) is 10.9. The Balaban J connectivity index is 1.62. The van der Waals surface area contributed by atoms with Crippen molar-refractivity contribution in [1.29, 1.82) is 0 Å². The maximum Gasteiger partial charge on any atom is 0.123 e. The van der Waals surface area contributed by atoms with Crippen molar-refractivity contribution in [1.82, 2.24) is 10.2 Å². The van der Waals surface area contributed by atoms with Gasteiger partial charge >= 0.3 is 0 Å². The van der Waals surface area contributed by atoms with Crippen LogP contribution in [0.15, 0.2) is 24.3 Å². The Morgan fingerprint density at radius 2 is 2.17 bits per heavy atom. The molecule has 1 fully saturated rings. The molecule has 1 aliphatic rings. The van der Waals surface area contributed by atoms with Gasteiger partial charge in [0.15, 0.2) is 0 Å². The molecule has 0 bridgehead atoms. The normalized spacial score (nSPS) is 20.9. The van der Waals surface area contributed by atoms with E-state index in [1.165, 1.54) is 12.1 Å². The number of hydrogen-bond acceptors (Lipinski definition) is 3. The van der Waals surface area contributed by atoms with Crippen LogP contribution in [0, 0.1) is 5.82 Å². The number of piperazine rings is 1. The summed E-state index contributed by atoms with van der Waals surface area (Å²) >= 11 is 0. The lowest BCUT2D eigenvalue weighted by molar-refractivity contribution is 0.189. The number of rotatable bonds is 5. The minimum absolute atomic E-state index is 0.225. The van der Waals surface area contributed by atoms with Crippen LogP contribution in [0.25, 0.3) is 0 Å². The largest absolute Gasteiger partial charge is 0.494 e. The van der Waals surface area contributed by atoms with E-state index < -0.39 is 0 Å². The average Bonchev–Trinajstić information content (AvgIpc) is 2.37. The van der Waals surface area contributed by atoms with Crippen molar-refractivity contribution in [3.05, 3.63) is 30.1 Å².